The summed E-state index contributed by atoms with van der Waals surface area (Å²) in [5.41, 5.74) is 6.79. The SMILES string of the molecule is COc1ccc(Cn2ccnc2CN)cc1.Cl.Cl. The second-order valence-electron chi connectivity index (χ2n) is 3.52. The number of aromatic nitrogens is 2. The number of benzene rings is 1. The lowest BCUT2D eigenvalue weighted by atomic mass is 10.2. The molecule has 0 saturated heterocycles. The molecule has 6 heteroatoms. The summed E-state index contributed by atoms with van der Waals surface area (Å²) in [6.07, 6.45) is 3.71. The number of methoxy groups -OCH3 is 1. The smallest absolute Gasteiger partial charge is 0.122 e. The van der Waals surface area contributed by atoms with Crippen LogP contribution in [0.5, 0.6) is 5.75 Å². The van der Waals surface area contributed by atoms with Crippen LogP contribution in [0.2, 0.25) is 0 Å². The van der Waals surface area contributed by atoms with Gasteiger partial charge in [0.1, 0.15) is 11.6 Å². The third-order valence-electron chi connectivity index (χ3n) is 2.50. The fourth-order valence-corrected chi connectivity index (χ4v) is 1.60. The molecule has 4 nitrogen and oxygen atoms in total. The maximum Gasteiger partial charge on any atom is 0.122 e. The number of hydrogen-bond donors (Lipinski definition) is 1. The summed E-state index contributed by atoms with van der Waals surface area (Å²) in [5.74, 6) is 1.77. The molecule has 1 heterocycles. The second-order valence-corrected chi connectivity index (χ2v) is 3.52. The number of nitrogens with two attached hydrogens (primary N) is 1. The molecule has 18 heavy (non-hydrogen) atoms. The maximum atomic E-state index is 5.59. The van der Waals surface area contributed by atoms with Crippen LogP contribution in [0.25, 0.3) is 0 Å². The molecule has 0 fully saturated rings. The molecule has 0 aliphatic carbocycles. The Hall–Kier alpha value is -1.23. The van der Waals surface area contributed by atoms with Gasteiger partial charge >= 0.3 is 0 Å². The molecule has 2 rings (SSSR count). The molecule has 2 aromatic rings. The van der Waals surface area contributed by atoms with Crippen molar-refractivity contribution in [3.63, 3.8) is 0 Å². The molecule has 1 aromatic carbocycles. The monoisotopic (exact) mass is 289 g/mol. The van der Waals surface area contributed by atoms with Gasteiger partial charge in [-0.3, -0.25) is 0 Å². The number of hydrogen-bond acceptors (Lipinski definition) is 3. The van der Waals surface area contributed by atoms with Gasteiger partial charge in [-0.1, -0.05) is 12.1 Å². The van der Waals surface area contributed by atoms with Crippen LogP contribution in [0.3, 0.4) is 0 Å². The van der Waals surface area contributed by atoms with Crippen molar-refractivity contribution in [3.8, 4) is 5.75 Å². The van der Waals surface area contributed by atoms with Crippen molar-refractivity contribution in [1.29, 1.82) is 0 Å². The van der Waals surface area contributed by atoms with E-state index in [2.05, 4.69) is 4.98 Å². The molecule has 0 atom stereocenters. The Kier molecular flexibility index (Phi) is 7.43. The molecule has 0 radical (unpaired) electrons. The average molecular weight is 290 g/mol. The van der Waals surface area contributed by atoms with E-state index >= 15 is 0 Å². The molecule has 0 unspecified atom stereocenters. The molecule has 0 aliphatic rings. The third-order valence-corrected chi connectivity index (χ3v) is 2.50. The first kappa shape index (κ1) is 16.8. The third kappa shape index (κ3) is 3.91. The predicted octanol–water partition coefficient (Wildman–Crippen LogP) is 2.24. The van der Waals surface area contributed by atoms with Crippen LogP contribution in [0.4, 0.5) is 0 Å². The van der Waals surface area contributed by atoms with E-state index in [1.807, 2.05) is 35.0 Å². The first-order valence-electron chi connectivity index (χ1n) is 5.16. The Morgan fingerprint density at radius 1 is 1.22 bits per heavy atom. The van der Waals surface area contributed by atoms with Gasteiger partial charge in [-0.15, -0.1) is 24.8 Å². The van der Waals surface area contributed by atoms with E-state index in [9.17, 15) is 0 Å². The van der Waals surface area contributed by atoms with E-state index in [4.69, 9.17) is 10.5 Å². The highest BCUT2D eigenvalue weighted by atomic mass is 35.5. The lowest BCUT2D eigenvalue weighted by Crippen LogP contribution is -2.08. The first-order valence-corrected chi connectivity index (χ1v) is 5.16. The summed E-state index contributed by atoms with van der Waals surface area (Å²) in [5, 5.41) is 0. The highest BCUT2D eigenvalue weighted by molar-refractivity contribution is 5.85. The van der Waals surface area contributed by atoms with Crippen LogP contribution in [0, 0.1) is 0 Å². The van der Waals surface area contributed by atoms with Crippen molar-refractivity contribution in [2.24, 2.45) is 5.73 Å². The van der Waals surface area contributed by atoms with Crippen LogP contribution >= 0.6 is 24.8 Å². The standard InChI is InChI=1S/C12H15N3O.2ClH/c1-16-11-4-2-10(3-5-11)9-15-7-6-14-12(15)8-13;;/h2-7H,8-9,13H2,1H3;2*1H. The van der Waals surface area contributed by atoms with E-state index in [1.54, 1.807) is 13.3 Å². The Bertz CT molecular complexity index is 457. The van der Waals surface area contributed by atoms with Gasteiger partial charge in [0, 0.05) is 18.9 Å². The molecular formula is C12H17Cl2N3O. The predicted molar refractivity (Wildman–Crippen MR) is 76.7 cm³/mol. The molecule has 0 aliphatic heterocycles. The van der Waals surface area contributed by atoms with Gasteiger partial charge in [-0.2, -0.15) is 0 Å². The van der Waals surface area contributed by atoms with E-state index in [0.29, 0.717) is 6.54 Å². The maximum absolute atomic E-state index is 5.59. The van der Waals surface area contributed by atoms with Crippen LogP contribution in [0.1, 0.15) is 11.4 Å². The van der Waals surface area contributed by atoms with Crippen molar-refractivity contribution in [2.45, 2.75) is 13.1 Å². The van der Waals surface area contributed by atoms with Gasteiger partial charge in [0.2, 0.25) is 0 Å². The number of nitrogens with zero attached hydrogens (tertiary/aromatic N) is 2. The Morgan fingerprint density at radius 2 is 1.89 bits per heavy atom. The first-order chi connectivity index (χ1) is 7.83. The molecule has 0 saturated carbocycles. The van der Waals surface area contributed by atoms with Crippen LogP contribution in [-0.4, -0.2) is 16.7 Å². The molecule has 0 bridgehead atoms. The zero-order valence-electron chi connectivity index (χ0n) is 10.1. The lowest BCUT2D eigenvalue weighted by molar-refractivity contribution is 0.414. The highest BCUT2D eigenvalue weighted by Crippen LogP contribution is 2.12. The summed E-state index contributed by atoms with van der Waals surface area (Å²) < 4.78 is 7.15. The van der Waals surface area contributed by atoms with Crippen LogP contribution < -0.4 is 10.5 Å². The summed E-state index contributed by atoms with van der Waals surface area (Å²) in [4.78, 5) is 4.18. The van der Waals surface area contributed by atoms with Crippen molar-refractivity contribution in [3.05, 3.63) is 48.0 Å². The molecular weight excluding hydrogens is 273 g/mol. The van der Waals surface area contributed by atoms with Crippen LogP contribution in [0.15, 0.2) is 36.7 Å². The molecule has 2 N–H and O–H groups in total. The molecule has 0 spiro atoms. The Morgan fingerprint density at radius 3 is 2.44 bits per heavy atom. The average Bonchev–Trinajstić information content (AvgIpc) is 2.77. The largest absolute Gasteiger partial charge is 0.497 e. The number of ether oxygens (including phenoxy) is 1. The Labute approximate surface area is 119 Å². The number of halogens is 2. The summed E-state index contributed by atoms with van der Waals surface area (Å²) >= 11 is 0. The van der Waals surface area contributed by atoms with Gasteiger partial charge < -0.3 is 15.0 Å². The molecule has 0 amide bonds. The van der Waals surface area contributed by atoms with Gasteiger partial charge in [0.05, 0.1) is 13.7 Å². The van der Waals surface area contributed by atoms with Gasteiger partial charge in [-0.25, -0.2) is 4.98 Å². The van der Waals surface area contributed by atoms with Gasteiger partial charge in [0.25, 0.3) is 0 Å². The summed E-state index contributed by atoms with van der Waals surface area (Å²) in [6.45, 7) is 1.25. The van der Waals surface area contributed by atoms with Crippen molar-refractivity contribution >= 4 is 24.8 Å². The fraction of sp³-hybridized carbons (Fsp3) is 0.250. The normalized spacial score (nSPS) is 9.22. The zero-order chi connectivity index (χ0) is 11.4. The van der Waals surface area contributed by atoms with E-state index in [-0.39, 0.29) is 24.8 Å². The minimum Gasteiger partial charge on any atom is -0.497 e. The molecule has 1 aromatic heterocycles. The van der Waals surface area contributed by atoms with Crippen molar-refractivity contribution < 1.29 is 4.74 Å². The highest BCUT2D eigenvalue weighted by Gasteiger charge is 2.01. The second kappa shape index (κ2) is 7.97. The minimum absolute atomic E-state index is 0. The fourth-order valence-electron chi connectivity index (χ4n) is 1.60. The van der Waals surface area contributed by atoms with E-state index in [1.165, 1.54) is 5.56 Å². The van der Waals surface area contributed by atoms with Crippen LogP contribution in [-0.2, 0) is 13.1 Å². The summed E-state index contributed by atoms with van der Waals surface area (Å²) in [6, 6.07) is 7.99. The van der Waals surface area contributed by atoms with E-state index in [0.717, 1.165) is 18.1 Å². The zero-order valence-corrected chi connectivity index (χ0v) is 11.7. The van der Waals surface area contributed by atoms with Gasteiger partial charge in [0.15, 0.2) is 0 Å². The van der Waals surface area contributed by atoms with Gasteiger partial charge in [-0.05, 0) is 17.7 Å². The van der Waals surface area contributed by atoms with Crippen molar-refractivity contribution in [1.82, 2.24) is 9.55 Å². The molecule has 100 valence electrons. The number of imidazole rings is 1. The minimum atomic E-state index is 0. The quantitative estimate of drug-likeness (QED) is 0.939. The lowest BCUT2D eigenvalue weighted by Gasteiger charge is -2.07. The number of rotatable bonds is 4. The summed E-state index contributed by atoms with van der Waals surface area (Å²) in [7, 11) is 1.66. The Balaban J connectivity index is 0.00000144. The topological polar surface area (TPSA) is 53.1 Å². The van der Waals surface area contributed by atoms with E-state index < -0.39 is 0 Å². The van der Waals surface area contributed by atoms with Crippen molar-refractivity contribution in [2.75, 3.05) is 7.11 Å².